The van der Waals surface area contributed by atoms with E-state index < -0.39 is 0 Å². The van der Waals surface area contributed by atoms with Gasteiger partial charge in [0.2, 0.25) is 0 Å². The Balaban J connectivity index is 1.86. The van der Waals surface area contributed by atoms with Gasteiger partial charge in [-0.25, -0.2) is 4.79 Å². The Bertz CT molecular complexity index is 650. The summed E-state index contributed by atoms with van der Waals surface area (Å²) in [5.41, 5.74) is 2.69. The maximum atomic E-state index is 12.2. The molecule has 0 radical (unpaired) electrons. The third-order valence-corrected chi connectivity index (χ3v) is 4.48. The molecule has 1 atom stereocenters. The second-order valence-corrected chi connectivity index (χ2v) is 6.42. The van der Waals surface area contributed by atoms with E-state index in [4.69, 9.17) is 0 Å². The van der Waals surface area contributed by atoms with E-state index in [1.807, 2.05) is 42.5 Å². The van der Waals surface area contributed by atoms with Gasteiger partial charge in [0.25, 0.3) is 0 Å². The van der Waals surface area contributed by atoms with Crippen LogP contribution in [0.15, 0.2) is 54.6 Å². The molecule has 0 saturated heterocycles. The molecule has 0 N–H and O–H groups in total. The number of aryl methyl sites for hydroxylation is 1. The standard InChI is InChI=1S/C19H19BrO3/c1-23-19(22)16-10-7-15(8-11-16)13-17(20)18(21)12-9-14-5-3-2-4-6-14/h2-8,10-11,17H,9,12-13H2,1H3. The highest BCUT2D eigenvalue weighted by Crippen LogP contribution is 2.15. The van der Waals surface area contributed by atoms with Gasteiger partial charge in [0.05, 0.1) is 17.5 Å². The molecule has 0 saturated carbocycles. The maximum Gasteiger partial charge on any atom is 0.337 e. The number of halogens is 1. The highest BCUT2D eigenvalue weighted by atomic mass is 79.9. The molecule has 0 fully saturated rings. The number of benzene rings is 2. The van der Waals surface area contributed by atoms with Gasteiger partial charge in [-0.3, -0.25) is 4.79 Å². The zero-order valence-corrected chi connectivity index (χ0v) is 14.6. The Morgan fingerprint density at radius 2 is 1.65 bits per heavy atom. The van der Waals surface area contributed by atoms with E-state index in [-0.39, 0.29) is 16.6 Å². The van der Waals surface area contributed by atoms with Crippen LogP contribution in [0.2, 0.25) is 0 Å². The average Bonchev–Trinajstić information content (AvgIpc) is 2.60. The maximum absolute atomic E-state index is 12.2. The van der Waals surface area contributed by atoms with Gasteiger partial charge in [0.1, 0.15) is 5.78 Å². The number of alkyl halides is 1. The van der Waals surface area contributed by atoms with Crippen LogP contribution in [0.5, 0.6) is 0 Å². The molecule has 0 heterocycles. The van der Waals surface area contributed by atoms with Crippen molar-refractivity contribution in [1.29, 1.82) is 0 Å². The van der Waals surface area contributed by atoms with Gasteiger partial charge in [-0.15, -0.1) is 0 Å². The first-order valence-corrected chi connectivity index (χ1v) is 8.39. The topological polar surface area (TPSA) is 43.4 Å². The summed E-state index contributed by atoms with van der Waals surface area (Å²) in [6, 6.07) is 17.1. The van der Waals surface area contributed by atoms with Gasteiger partial charge in [0, 0.05) is 6.42 Å². The first-order valence-electron chi connectivity index (χ1n) is 7.48. The number of ether oxygens (including phenoxy) is 1. The monoisotopic (exact) mass is 374 g/mol. The summed E-state index contributed by atoms with van der Waals surface area (Å²) >= 11 is 3.47. The summed E-state index contributed by atoms with van der Waals surface area (Å²) < 4.78 is 4.67. The molecular formula is C19H19BrO3. The van der Waals surface area contributed by atoms with Crippen LogP contribution in [0, 0.1) is 0 Å². The third-order valence-electron chi connectivity index (χ3n) is 3.64. The number of hydrogen-bond donors (Lipinski definition) is 0. The molecule has 0 aliphatic carbocycles. The Kier molecular flexibility index (Phi) is 6.53. The summed E-state index contributed by atoms with van der Waals surface area (Å²) in [6.07, 6.45) is 1.87. The van der Waals surface area contributed by atoms with Gasteiger partial charge in [0.15, 0.2) is 0 Å². The summed E-state index contributed by atoms with van der Waals surface area (Å²) in [6.45, 7) is 0. The van der Waals surface area contributed by atoms with E-state index in [0.717, 1.165) is 12.0 Å². The van der Waals surface area contributed by atoms with E-state index in [0.29, 0.717) is 18.4 Å². The van der Waals surface area contributed by atoms with Crippen molar-refractivity contribution in [3.8, 4) is 0 Å². The lowest BCUT2D eigenvalue weighted by Gasteiger charge is -2.09. The molecule has 0 aliphatic heterocycles. The van der Waals surface area contributed by atoms with Crippen molar-refractivity contribution in [1.82, 2.24) is 0 Å². The third kappa shape index (κ3) is 5.32. The minimum Gasteiger partial charge on any atom is -0.465 e. The van der Waals surface area contributed by atoms with Gasteiger partial charge in [-0.2, -0.15) is 0 Å². The molecule has 2 aromatic carbocycles. The Morgan fingerprint density at radius 1 is 1.00 bits per heavy atom. The second kappa shape index (κ2) is 8.63. The van der Waals surface area contributed by atoms with Crippen molar-refractivity contribution < 1.29 is 14.3 Å². The predicted octanol–water partition coefficient (Wildman–Crippen LogP) is 3.98. The number of rotatable bonds is 7. The average molecular weight is 375 g/mol. The molecule has 0 aliphatic rings. The summed E-state index contributed by atoms with van der Waals surface area (Å²) in [5.74, 6) is -0.170. The Labute approximate surface area is 144 Å². The normalized spacial score (nSPS) is 11.7. The fraction of sp³-hybridized carbons (Fsp3) is 0.263. The van der Waals surface area contributed by atoms with E-state index in [1.54, 1.807) is 12.1 Å². The Hall–Kier alpha value is -1.94. The molecule has 0 bridgehead atoms. The minimum absolute atomic E-state index is 0.186. The zero-order valence-electron chi connectivity index (χ0n) is 13.0. The molecule has 2 rings (SSSR count). The molecule has 2 aromatic rings. The summed E-state index contributed by atoms with van der Waals surface area (Å²) in [7, 11) is 1.36. The highest BCUT2D eigenvalue weighted by Gasteiger charge is 2.15. The molecule has 0 amide bonds. The van der Waals surface area contributed by atoms with Crippen LogP contribution < -0.4 is 0 Å². The van der Waals surface area contributed by atoms with Crippen molar-refractivity contribution in [3.63, 3.8) is 0 Å². The van der Waals surface area contributed by atoms with Crippen molar-refractivity contribution in [2.24, 2.45) is 0 Å². The molecule has 0 aromatic heterocycles. The lowest BCUT2D eigenvalue weighted by molar-refractivity contribution is -0.118. The van der Waals surface area contributed by atoms with Crippen molar-refractivity contribution in [2.45, 2.75) is 24.1 Å². The van der Waals surface area contributed by atoms with Crippen molar-refractivity contribution >= 4 is 27.7 Å². The summed E-state index contributed by atoms with van der Waals surface area (Å²) in [4.78, 5) is 23.4. The Morgan fingerprint density at radius 3 is 2.26 bits per heavy atom. The van der Waals surface area contributed by atoms with Crippen LogP contribution in [0.4, 0.5) is 0 Å². The molecule has 4 heteroatoms. The van der Waals surface area contributed by atoms with Crippen molar-refractivity contribution in [2.75, 3.05) is 7.11 Å². The number of methoxy groups -OCH3 is 1. The van der Waals surface area contributed by atoms with Crippen LogP contribution >= 0.6 is 15.9 Å². The number of carbonyl (C=O) groups excluding carboxylic acids is 2. The fourth-order valence-corrected chi connectivity index (χ4v) is 2.89. The van der Waals surface area contributed by atoms with Gasteiger partial charge < -0.3 is 4.74 Å². The van der Waals surface area contributed by atoms with E-state index >= 15 is 0 Å². The van der Waals surface area contributed by atoms with E-state index in [2.05, 4.69) is 20.7 Å². The van der Waals surface area contributed by atoms with Gasteiger partial charge in [-0.05, 0) is 36.1 Å². The number of esters is 1. The number of Topliss-reactive ketones (excluding diaryl/α,β-unsaturated/α-hetero) is 1. The SMILES string of the molecule is COC(=O)c1ccc(CC(Br)C(=O)CCc2ccccc2)cc1. The lowest BCUT2D eigenvalue weighted by Crippen LogP contribution is -2.17. The molecular weight excluding hydrogens is 356 g/mol. The molecule has 0 spiro atoms. The first kappa shape index (κ1) is 17.4. The second-order valence-electron chi connectivity index (χ2n) is 5.31. The molecule has 120 valence electrons. The van der Waals surface area contributed by atoms with Crippen LogP contribution in [-0.4, -0.2) is 23.7 Å². The summed E-state index contributed by atoms with van der Waals surface area (Å²) in [5, 5.41) is 0. The van der Waals surface area contributed by atoms with E-state index in [1.165, 1.54) is 12.7 Å². The smallest absolute Gasteiger partial charge is 0.337 e. The number of carbonyl (C=O) groups is 2. The largest absolute Gasteiger partial charge is 0.465 e. The number of hydrogen-bond acceptors (Lipinski definition) is 3. The van der Waals surface area contributed by atoms with Gasteiger partial charge >= 0.3 is 5.97 Å². The molecule has 1 unspecified atom stereocenters. The number of ketones is 1. The minimum atomic E-state index is -0.356. The quantitative estimate of drug-likeness (QED) is 0.543. The van der Waals surface area contributed by atoms with Crippen LogP contribution in [-0.2, 0) is 22.4 Å². The lowest BCUT2D eigenvalue weighted by atomic mass is 10.0. The first-order chi connectivity index (χ1) is 11.1. The van der Waals surface area contributed by atoms with Gasteiger partial charge in [-0.1, -0.05) is 58.4 Å². The zero-order chi connectivity index (χ0) is 16.7. The molecule has 3 nitrogen and oxygen atoms in total. The predicted molar refractivity (Wildman–Crippen MR) is 94.0 cm³/mol. The molecule has 23 heavy (non-hydrogen) atoms. The van der Waals surface area contributed by atoms with Crippen molar-refractivity contribution in [3.05, 3.63) is 71.3 Å². The van der Waals surface area contributed by atoms with Crippen LogP contribution in [0.25, 0.3) is 0 Å². The highest BCUT2D eigenvalue weighted by molar-refractivity contribution is 9.10. The van der Waals surface area contributed by atoms with E-state index in [9.17, 15) is 9.59 Å². The van der Waals surface area contributed by atoms with Crippen LogP contribution in [0.1, 0.15) is 27.9 Å². The van der Waals surface area contributed by atoms with Crippen LogP contribution in [0.3, 0.4) is 0 Å². The fourth-order valence-electron chi connectivity index (χ4n) is 2.28.